The van der Waals surface area contributed by atoms with Crippen LogP contribution in [0, 0.1) is 0 Å². The fourth-order valence-corrected chi connectivity index (χ4v) is 3.41. The number of carboxylic acids is 1. The predicted octanol–water partition coefficient (Wildman–Crippen LogP) is 5.70. The molecule has 10 heteroatoms. The quantitative estimate of drug-likeness (QED) is 0.505. The van der Waals surface area contributed by atoms with Gasteiger partial charge in [-0.25, -0.2) is 0 Å². The summed E-state index contributed by atoms with van der Waals surface area (Å²) in [5.74, 6) is -1.30. The molecule has 154 valence electrons. The van der Waals surface area contributed by atoms with Gasteiger partial charge in [0.1, 0.15) is 5.75 Å². The van der Waals surface area contributed by atoms with Crippen molar-refractivity contribution in [2.24, 2.45) is 0 Å². The number of aromatic nitrogens is 2. The molecule has 5 nitrogen and oxygen atoms in total. The fourth-order valence-electron chi connectivity index (χ4n) is 2.94. The van der Waals surface area contributed by atoms with E-state index in [1.807, 2.05) is 0 Å². The Balaban J connectivity index is 2.00. The standard InChI is InChI=1S/C19H15Cl2F3N2O3/c20-12-5-4-11(15(21)8-12)10-26-17-9-13(29-19(22,23)24)6-7-14(17)16(25-26)2-1-3-18(27)28/h4-9H,1-3,10H2,(H,27,28). The van der Waals surface area contributed by atoms with Gasteiger partial charge >= 0.3 is 12.3 Å². The van der Waals surface area contributed by atoms with Crippen molar-refractivity contribution in [3.05, 3.63) is 57.7 Å². The first-order valence-electron chi connectivity index (χ1n) is 8.53. The van der Waals surface area contributed by atoms with Gasteiger partial charge in [-0.1, -0.05) is 29.3 Å². The maximum absolute atomic E-state index is 12.6. The highest BCUT2D eigenvalue weighted by atomic mass is 35.5. The highest BCUT2D eigenvalue weighted by molar-refractivity contribution is 6.35. The summed E-state index contributed by atoms with van der Waals surface area (Å²) in [4.78, 5) is 10.8. The molecule has 1 heterocycles. The molecule has 0 fully saturated rings. The number of alkyl halides is 3. The SMILES string of the molecule is O=C(O)CCCc1nn(Cc2ccc(Cl)cc2Cl)c2cc(OC(F)(F)F)ccc12. The van der Waals surface area contributed by atoms with Crippen molar-refractivity contribution in [1.29, 1.82) is 0 Å². The number of hydrogen-bond donors (Lipinski definition) is 1. The van der Waals surface area contributed by atoms with Gasteiger partial charge < -0.3 is 9.84 Å². The summed E-state index contributed by atoms with van der Waals surface area (Å²) < 4.78 is 43.3. The molecule has 0 amide bonds. The Bertz CT molecular complexity index is 1050. The molecular weight excluding hydrogens is 432 g/mol. The second-order valence-corrected chi connectivity index (χ2v) is 7.16. The molecular formula is C19H15Cl2F3N2O3. The number of fused-ring (bicyclic) bond motifs is 1. The molecule has 29 heavy (non-hydrogen) atoms. The maximum Gasteiger partial charge on any atom is 0.573 e. The van der Waals surface area contributed by atoms with E-state index < -0.39 is 12.3 Å². The largest absolute Gasteiger partial charge is 0.573 e. The third-order valence-corrected chi connectivity index (χ3v) is 4.76. The van der Waals surface area contributed by atoms with E-state index in [9.17, 15) is 18.0 Å². The predicted molar refractivity (Wildman–Crippen MR) is 103 cm³/mol. The molecule has 1 aromatic heterocycles. The Morgan fingerprint density at radius 3 is 2.59 bits per heavy atom. The monoisotopic (exact) mass is 446 g/mol. The Morgan fingerprint density at radius 2 is 1.93 bits per heavy atom. The van der Waals surface area contributed by atoms with E-state index >= 15 is 0 Å². The van der Waals surface area contributed by atoms with Crippen LogP contribution in [0.4, 0.5) is 13.2 Å². The van der Waals surface area contributed by atoms with Crippen LogP contribution < -0.4 is 4.74 Å². The van der Waals surface area contributed by atoms with Gasteiger partial charge in [-0.05, 0) is 42.7 Å². The maximum atomic E-state index is 12.6. The van der Waals surface area contributed by atoms with Crippen LogP contribution in [0.15, 0.2) is 36.4 Å². The number of nitrogens with zero attached hydrogens (tertiary/aromatic N) is 2. The minimum absolute atomic E-state index is 0.0351. The van der Waals surface area contributed by atoms with Gasteiger partial charge in [0.15, 0.2) is 0 Å². The van der Waals surface area contributed by atoms with Gasteiger partial charge in [-0.15, -0.1) is 13.2 Å². The third kappa shape index (κ3) is 5.55. The Kier molecular flexibility index (Phi) is 6.24. The van der Waals surface area contributed by atoms with Crippen LogP contribution in [0.25, 0.3) is 10.9 Å². The van der Waals surface area contributed by atoms with Crippen LogP contribution in [0.5, 0.6) is 5.75 Å². The van der Waals surface area contributed by atoms with E-state index in [0.717, 1.165) is 0 Å². The van der Waals surface area contributed by atoms with E-state index in [1.165, 1.54) is 22.9 Å². The number of aliphatic carboxylic acids is 1. The average Bonchev–Trinajstić information content (AvgIpc) is 2.93. The summed E-state index contributed by atoms with van der Waals surface area (Å²) in [6.45, 7) is 0.195. The summed E-state index contributed by atoms with van der Waals surface area (Å²) in [5.41, 5.74) is 1.69. The zero-order chi connectivity index (χ0) is 21.2. The molecule has 0 bridgehead atoms. The normalized spacial score (nSPS) is 11.8. The molecule has 0 aliphatic heterocycles. The molecule has 0 atom stereocenters. The highest BCUT2D eigenvalue weighted by Crippen LogP contribution is 2.30. The summed E-state index contributed by atoms with van der Waals surface area (Å²) in [7, 11) is 0. The molecule has 0 aliphatic carbocycles. The lowest BCUT2D eigenvalue weighted by atomic mass is 10.1. The van der Waals surface area contributed by atoms with Gasteiger partial charge in [0.25, 0.3) is 0 Å². The number of carbonyl (C=O) groups is 1. The van der Waals surface area contributed by atoms with Crippen molar-refractivity contribution in [2.75, 3.05) is 0 Å². The van der Waals surface area contributed by atoms with Gasteiger partial charge in [0, 0.05) is 27.9 Å². The van der Waals surface area contributed by atoms with E-state index in [1.54, 1.807) is 18.2 Å². The summed E-state index contributed by atoms with van der Waals surface area (Å²) in [6.07, 6.45) is -4.14. The topological polar surface area (TPSA) is 64.3 Å². The van der Waals surface area contributed by atoms with Crippen LogP contribution in [0.1, 0.15) is 24.1 Å². The molecule has 0 unspecified atom stereocenters. The van der Waals surface area contributed by atoms with Crippen LogP contribution >= 0.6 is 23.2 Å². The van der Waals surface area contributed by atoms with E-state index in [0.29, 0.717) is 45.0 Å². The second kappa shape index (κ2) is 8.51. The lowest BCUT2D eigenvalue weighted by Crippen LogP contribution is -2.17. The zero-order valence-electron chi connectivity index (χ0n) is 14.8. The van der Waals surface area contributed by atoms with Crippen LogP contribution in [-0.2, 0) is 17.8 Å². The average molecular weight is 447 g/mol. The summed E-state index contributed by atoms with van der Waals surface area (Å²) >= 11 is 12.1. The van der Waals surface area contributed by atoms with Crippen LogP contribution in [-0.4, -0.2) is 27.2 Å². The minimum Gasteiger partial charge on any atom is -0.481 e. The van der Waals surface area contributed by atoms with Gasteiger partial charge in [0.2, 0.25) is 0 Å². The van der Waals surface area contributed by atoms with E-state index in [4.69, 9.17) is 28.3 Å². The van der Waals surface area contributed by atoms with Crippen molar-refractivity contribution >= 4 is 40.1 Å². The fraction of sp³-hybridized carbons (Fsp3) is 0.263. The molecule has 2 aromatic carbocycles. The molecule has 1 N–H and O–H groups in total. The molecule has 0 saturated carbocycles. The first kappa shape index (κ1) is 21.3. The van der Waals surface area contributed by atoms with Crippen molar-refractivity contribution in [1.82, 2.24) is 9.78 Å². The molecule has 3 aromatic rings. The van der Waals surface area contributed by atoms with Gasteiger partial charge in [0.05, 0.1) is 17.8 Å². The first-order valence-corrected chi connectivity index (χ1v) is 9.29. The number of halogens is 5. The molecule has 0 radical (unpaired) electrons. The number of aryl methyl sites for hydroxylation is 1. The van der Waals surface area contributed by atoms with Crippen molar-refractivity contribution in [2.45, 2.75) is 32.2 Å². The van der Waals surface area contributed by atoms with Crippen molar-refractivity contribution in [3.63, 3.8) is 0 Å². The molecule has 0 aliphatic rings. The zero-order valence-corrected chi connectivity index (χ0v) is 16.4. The molecule has 0 saturated heterocycles. The second-order valence-electron chi connectivity index (χ2n) is 6.31. The molecule has 0 spiro atoms. The number of carboxylic acid groups (broad SMARTS) is 1. The van der Waals surface area contributed by atoms with E-state index in [2.05, 4.69) is 9.84 Å². The number of benzene rings is 2. The number of hydrogen-bond acceptors (Lipinski definition) is 3. The van der Waals surface area contributed by atoms with Crippen LogP contribution in [0.2, 0.25) is 10.0 Å². The Morgan fingerprint density at radius 1 is 1.17 bits per heavy atom. The summed E-state index contributed by atoms with van der Waals surface area (Å²) in [6, 6.07) is 8.87. The smallest absolute Gasteiger partial charge is 0.481 e. The summed E-state index contributed by atoms with van der Waals surface area (Å²) in [5, 5.41) is 14.8. The third-order valence-electron chi connectivity index (χ3n) is 4.17. The Labute approximate surface area is 173 Å². The van der Waals surface area contributed by atoms with Gasteiger partial charge in [-0.2, -0.15) is 5.10 Å². The molecule has 3 rings (SSSR count). The van der Waals surface area contributed by atoms with E-state index in [-0.39, 0.29) is 18.7 Å². The Hall–Kier alpha value is -2.45. The van der Waals surface area contributed by atoms with Crippen molar-refractivity contribution < 1.29 is 27.8 Å². The lowest BCUT2D eigenvalue weighted by molar-refractivity contribution is -0.274. The minimum atomic E-state index is -4.82. The van der Waals surface area contributed by atoms with Crippen molar-refractivity contribution in [3.8, 4) is 5.75 Å². The van der Waals surface area contributed by atoms with Crippen LogP contribution in [0.3, 0.4) is 0 Å². The first-order chi connectivity index (χ1) is 13.6. The lowest BCUT2D eigenvalue weighted by Gasteiger charge is -2.10. The number of rotatable bonds is 7. The van der Waals surface area contributed by atoms with Gasteiger partial charge in [-0.3, -0.25) is 9.48 Å². The highest BCUT2D eigenvalue weighted by Gasteiger charge is 2.31. The number of ether oxygens (including phenoxy) is 1.